The second kappa shape index (κ2) is 7.17. The van der Waals surface area contributed by atoms with E-state index in [0.717, 1.165) is 17.7 Å². The number of hydrogen-bond donors (Lipinski definition) is 2. The molecule has 2 heterocycles. The Kier molecular flexibility index (Phi) is 5.18. The maximum absolute atomic E-state index is 12.6. The molecule has 126 valence electrons. The van der Waals surface area contributed by atoms with Crippen LogP contribution in [0.5, 0.6) is 0 Å². The van der Waals surface area contributed by atoms with E-state index in [4.69, 9.17) is 23.2 Å². The van der Waals surface area contributed by atoms with E-state index < -0.39 is 5.92 Å². The van der Waals surface area contributed by atoms with Crippen molar-refractivity contribution in [1.82, 2.24) is 9.97 Å². The fourth-order valence-corrected chi connectivity index (χ4v) is 3.66. The molecule has 1 aromatic carbocycles. The molecule has 1 amide bonds. The lowest BCUT2D eigenvalue weighted by Gasteiger charge is -2.24. The van der Waals surface area contributed by atoms with Gasteiger partial charge in [-0.05, 0) is 24.1 Å². The van der Waals surface area contributed by atoms with Crippen LogP contribution in [-0.2, 0) is 4.79 Å². The van der Waals surface area contributed by atoms with Gasteiger partial charge in [-0.15, -0.1) is 0 Å². The monoisotopic (exact) mass is 383 g/mol. The van der Waals surface area contributed by atoms with E-state index in [0.29, 0.717) is 26.6 Å². The van der Waals surface area contributed by atoms with Crippen molar-refractivity contribution in [1.29, 1.82) is 0 Å². The minimum atomic E-state index is -0.398. The van der Waals surface area contributed by atoms with Crippen LogP contribution in [0, 0.1) is 0 Å². The maximum atomic E-state index is 12.6. The highest BCUT2D eigenvalue weighted by Crippen LogP contribution is 2.36. The van der Waals surface area contributed by atoms with E-state index in [-0.39, 0.29) is 17.9 Å². The summed E-state index contributed by atoms with van der Waals surface area (Å²) in [4.78, 5) is 31.8. The van der Waals surface area contributed by atoms with Gasteiger partial charge in [0.05, 0.1) is 15.6 Å². The molecule has 1 aliphatic heterocycles. The Hall–Kier alpha value is -1.50. The molecule has 0 spiro atoms. The number of rotatable bonds is 4. The van der Waals surface area contributed by atoms with Gasteiger partial charge >= 0.3 is 0 Å². The van der Waals surface area contributed by atoms with Gasteiger partial charge in [0.25, 0.3) is 5.56 Å². The predicted octanol–water partition coefficient (Wildman–Crippen LogP) is 4.05. The average Bonchev–Trinajstić information content (AvgIpc) is 2.54. The molecule has 0 fully saturated rings. The van der Waals surface area contributed by atoms with Crippen LogP contribution >= 0.6 is 35.0 Å². The first kappa shape index (κ1) is 17.3. The van der Waals surface area contributed by atoms with Crippen LogP contribution in [0.3, 0.4) is 0 Å². The van der Waals surface area contributed by atoms with Crippen molar-refractivity contribution in [3.8, 4) is 0 Å². The van der Waals surface area contributed by atoms with Gasteiger partial charge in [0, 0.05) is 18.1 Å². The quantitative estimate of drug-likeness (QED) is 0.616. The van der Waals surface area contributed by atoms with E-state index >= 15 is 0 Å². The predicted molar refractivity (Wildman–Crippen MR) is 97.4 cm³/mol. The summed E-state index contributed by atoms with van der Waals surface area (Å²) in [7, 11) is 0. The highest BCUT2D eigenvalue weighted by molar-refractivity contribution is 7.99. The highest BCUT2D eigenvalue weighted by atomic mass is 35.5. The zero-order valence-corrected chi connectivity index (χ0v) is 15.2. The lowest BCUT2D eigenvalue weighted by atomic mass is 9.87. The molecule has 0 saturated heterocycles. The van der Waals surface area contributed by atoms with Crippen LogP contribution in [0.1, 0.15) is 36.8 Å². The Morgan fingerprint density at radius 3 is 2.79 bits per heavy atom. The van der Waals surface area contributed by atoms with E-state index in [9.17, 15) is 9.59 Å². The summed E-state index contributed by atoms with van der Waals surface area (Å²) in [6.45, 7) is 2.05. The SMILES string of the molecule is CCCSc1nc2c(c(=O)[nH]1)C(c1ccc(Cl)c(Cl)c1)CC(=O)N2. The summed E-state index contributed by atoms with van der Waals surface area (Å²) in [6, 6.07) is 5.13. The smallest absolute Gasteiger partial charge is 0.257 e. The van der Waals surface area contributed by atoms with E-state index in [1.807, 2.05) is 6.92 Å². The van der Waals surface area contributed by atoms with Crippen molar-refractivity contribution in [2.75, 3.05) is 11.1 Å². The Labute approximate surface area is 153 Å². The van der Waals surface area contributed by atoms with Gasteiger partial charge in [-0.2, -0.15) is 0 Å². The number of amides is 1. The Bertz CT molecular complexity index is 854. The number of benzene rings is 1. The topological polar surface area (TPSA) is 74.8 Å². The number of thioether (sulfide) groups is 1. The molecule has 3 rings (SSSR count). The molecule has 0 aliphatic carbocycles. The maximum Gasteiger partial charge on any atom is 0.257 e. The Balaban J connectivity index is 2.07. The number of aromatic amines is 1. The molecule has 2 N–H and O–H groups in total. The molecule has 1 aromatic heterocycles. The molecule has 1 atom stereocenters. The molecule has 24 heavy (non-hydrogen) atoms. The largest absolute Gasteiger partial charge is 0.310 e. The van der Waals surface area contributed by atoms with Crippen LogP contribution in [-0.4, -0.2) is 21.6 Å². The van der Waals surface area contributed by atoms with Gasteiger partial charge in [-0.25, -0.2) is 4.98 Å². The van der Waals surface area contributed by atoms with Gasteiger partial charge in [-0.1, -0.05) is 48.0 Å². The molecule has 8 heteroatoms. The molecule has 1 unspecified atom stereocenters. The van der Waals surface area contributed by atoms with E-state index in [2.05, 4.69) is 15.3 Å². The molecule has 2 aromatic rings. The van der Waals surface area contributed by atoms with Crippen molar-refractivity contribution in [2.24, 2.45) is 0 Å². The second-order valence-electron chi connectivity index (χ2n) is 5.46. The molecular formula is C16H15Cl2N3O2S. The first-order chi connectivity index (χ1) is 11.5. The van der Waals surface area contributed by atoms with Crippen molar-refractivity contribution in [3.63, 3.8) is 0 Å². The van der Waals surface area contributed by atoms with Gasteiger partial charge < -0.3 is 10.3 Å². The number of halogens is 2. The summed E-state index contributed by atoms with van der Waals surface area (Å²) < 4.78 is 0. The number of anilines is 1. The third-order valence-corrected chi connectivity index (χ3v) is 5.54. The van der Waals surface area contributed by atoms with E-state index in [1.165, 1.54) is 11.8 Å². The standard InChI is InChI=1S/C16H15Cl2N3O2S/c1-2-5-24-16-20-14-13(15(23)21-16)9(7-12(22)19-14)8-3-4-10(17)11(18)6-8/h3-4,6,9H,2,5,7H2,1H3,(H2,19,20,21,22,23). The number of carbonyl (C=O) groups is 1. The van der Waals surface area contributed by atoms with Crippen molar-refractivity contribution in [3.05, 3.63) is 49.7 Å². The minimum Gasteiger partial charge on any atom is -0.310 e. The molecule has 0 radical (unpaired) electrons. The molecular weight excluding hydrogens is 369 g/mol. The number of carbonyl (C=O) groups excluding carboxylic acids is 1. The van der Waals surface area contributed by atoms with Gasteiger partial charge in [0.1, 0.15) is 5.82 Å². The van der Waals surface area contributed by atoms with Crippen LogP contribution < -0.4 is 10.9 Å². The molecule has 5 nitrogen and oxygen atoms in total. The van der Waals surface area contributed by atoms with Crippen molar-refractivity contribution >= 4 is 46.7 Å². The summed E-state index contributed by atoms with van der Waals surface area (Å²) in [5.74, 6) is 0.587. The Morgan fingerprint density at radius 2 is 2.08 bits per heavy atom. The van der Waals surface area contributed by atoms with Crippen molar-refractivity contribution < 1.29 is 4.79 Å². The number of fused-ring (bicyclic) bond motifs is 1. The fraction of sp³-hybridized carbons (Fsp3) is 0.312. The lowest BCUT2D eigenvalue weighted by Crippen LogP contribution is -2.31. The molecule has 0 saturated carbocycles. The third kappa shape index (κ3) is 3.45. The zero-order valence-electron chi connectivity index (χ0n) is 12.9. The van der Waals surface area contributed by atoms with Crippen LogP contribution in [0.15, 0.2) is 28.2 Å². The number of aromatic nitrogens is 2. The second-order valence-corrected chi connectivity index (χ2v) is 7.36. The number of H-pyrrole nitrogens is 1. The van der Waals surface area contributed by atoms with Crippen molar-refractivity contribution in [2.45, 2.75) is 30.8 Å². The first-order valence-corrected chi connectivity index (χ1v) is 9.25. The van der Waals surface area contributed by atoms with Gasteiger partial charge in [0.2, 0.25) is 5.91 Å². The van der Waals surface area contributed by atoms with Crippen LogP contribution in [0.2, 0.25) is 10.0 Å². The summed E-state index contributed by atoms with van der Waals surface area (Å²) >= 11 is 13.5. The number of nitrogens with one attached hydrogen (secondary N) is 2. The van der Waals surface area contributed by atoms with Gasteiger partial charge in [-0.3, -0.25) is 9.59 Å². The van der Waals surface area contributed by atoms with E-state index in [1.54, 1.807) is 18.2 Å². The summed E-state index contributed by atoms with van der Waals surface area (Å²) in [5.41, 5.74) is 0.977. The molecule has 1 aliphatic rings. The first-order valence-electron chi connectivity index (χ1n) is 7.51. The molecule has 0 bridgehead atoms. The van der Waals surface area contributed by atoms with Crippen LogP contribution in [0.25, 0.3) is 0 Å². The summed E-state index contributed by atoms with van der Waals surface area (Å²) in [5, 5.41) is 4.03. The Morgan fingerprint density at radius 1 is 1.29 bits per heavy atom. The minimum absolute atomic E-state index is 0.164. The number of hydrogen-bond acceptors (Lipinski definition) is 4. The number of nitrogens with zero attached hydrogens (tertiary/aromatic N) is 1. The zero-order chi connectivity index (χ0) is 17.3. The summed E-state index contributed by atoms with van der Waals surface area (Å²) in [6.07, 6.45) is 1.13. The highest BCUT2D eigenvalue weighted by Gasteiger charge is 2.31. The lowest BCUT2D eigenvalue weighted by molar-refractivity contribution is -0.116. The fourth-order valence-electron chi connectivity index (χ4n) is 2.63. The van der Waals surface area contributed by atoms with Crippen LogP contribution in [0.4, 0.5) is 5.82 Å². The normalized spacial score (nSPS) is 16.6. The van der Waals surface area contributed by atoms with Gasteiger partial charge in [0.15, 0.2) is 5.16 Å². The third-order valence-electron chi connectivity index (χ3n) is 3.72. The average molecular weight is 384 g/mol.